The van der Waals surface area contributed by atoms with E-state index >= 15 is 0 Å². The lowest BCUT2D eigenvalue weighted by Crippen LogP contribution is -2.41. The largest absolute Gasteiger partial charge is 0.399 e. The molecule has 4 N–H and O–H groups in total. The molecule has 0 amide bonds. The standard InChI is InChI=1S/C10H16BN3O/c12-8-4-2-6-10-7(8)3-1-5-9(10)14(15)13-11-10/h2,4,9,11,13,15H,1,3,5-6,12H2. The average molecular weight is 205 g/mol. The molecule has 4 nitrogen and oxygen atoms in total. The second-order valence-electron chi connectivity index (χ2n) is 4.78. The third-order valence-corrected chi connectivity index (χ3v) is 4.12. The molecule has 0 aromatic carbocycles. The van der Waals surface area contributed by atoms with Crippen molar-refractivity contribution in [3.8, 4) is 0 Å². The fraction of sp³-hybridized carbons (Fsp3) is 0.600. The Morgan fingerprint density at radius 3 is 3.40 bits per heavy atom. The number of hydroxylamine groups is 1. The molecule has 1 saturated heterocycles. The molecule has 0 bridgehead atoms. The van der Waals surface area contributed by atoms with Crippen LogP contribution in [0, 0.1) is 0 Å². The van der Waals surface area contributed by atoms with Crippen LogP contribution in [0.2, 0.25) is 5.31 Å². The number of rotatable bonds is 0. The molecule has 3 rings (SSSR count). The molecule has 2 atom stereocenters. The summed E-state index contributed by atoms with van der Waals surface area (Å²) in [7, 11) is 0.814. The molecule has 80 valence electrons. The number of nitrogens with zero attached hydrogens (tertiary/aromatic N) is 1. The molecule has 1 aliphatic heterocycles. The van der Waals surface area contributed by atoms with Gasteiger partial charge in [-0.2, -0.15) is 0 Å². The summed E-state index contributed by atoms with van der Waals surface area (Å²) in [4.78, 5) is 0. The van der Waals surface area contributed by atoms with E-state index in [-0.39, 0.29) is 11.4 Å². The zero-order valence-electron chi connectivity index (χ0n) is 8.74. The van der Waals surface area contributed by atoms with Crippen molar-refractivity contribution in [1.82, 2.24) is 10.5 Å². The Hall–Kier alpha value is -0.775. The average Bonchev–Trinajstić information content (AvgIpc) is 2.56. The van der Waals surface area contributed by atoms with Crippen molar-refractivity contribution in [2.75, 3.05) is 0 Å². The number of hydrogen-bond acceptors (Lipinski definition) is 4. The van der Waals surface area contributed by atoms with Crippen molar-refractivity contribution >= 4 is 7.41 Å². The third-order valence-electron chi connectivity index (χ3n) is 4.12. The summed E-state index contributed by atoms with van der Waals surface area (Å²) in [6, 6.07) is 0.199. The number of hydrazine groups is 1. The Kier molecular flexibility index (Phi) is 1.96. The third kappa shape index (κ3) is 1.14. The minimum atomic E-state index is 0.0613. The lowest BCUT2D eigenvalue weighted by Gasteiger charge is -2.43. The summed E-state index contributed by atoms with van der Waals surface area (Å²) < 4.78 is 0. The molecular weight excluding hydrogens is 189 g/mol. The first kappa shape index (κ1) is 9.45. The molecule has 0 radical (unpaired) electrons. The fourth-order valence-electron chi connectivity index (χ4n) is 3.37. The van der Waals surface area contributed by atoms with E-state index in [0.29, 0.717) is 0 Å². The van der Waals surface area contributed by atoms with E-state index in [0.717, 1.165) is 38.8 Å². The van der Waals surface area contributed by atoms with Gasteiger partial charge in [-0.3, -0.25) is 10.5 Å². The van der Waals surface area contributed by atoms with E-state index < -0.39 is 0 Å². The van der Waals surface area contributed by atoms with E-state index in [2.05, 4.69) is 11.4 Å². The Morgan fingerprint density at radius 2 is 2.53 bits per heavy atom. The fourth-order valence-corrected chi connectivity index (χ4v) is 3.37. The van der Waals surface area contributed by atoms with Crippen LogP contribution in [-0.2, 0) is 0 Å². The second-order valence-corrected chi connectivity index (χ2v) is 4.78. The highest BCUT2D eigenvalue weighted by Gasteiger charge is 2.52. The zero-order chi connectivity index (χ0) is 10.5. The van der Waals surface area contributed by atoms with Gasteiger partial charge in [-0.15, -0.1) is 5.17 Å². The lowest BCUT2D eigenvalue weighted by atomic mass is 9.48. The van der Waals surface area contributed by atoms with Crippen molar-refractivity contribution < 1.29 is 5.21 Å². The molecule has 2 aliphatic carbocycles. The molecule has 15 heavy (non-hydrogen) atoms. The molecular formula is C10H16BN3O. The van der Waals surface area contributed by atoms with Crippen LogP contribution < -0.4 is 11.1 Å². The van der Waals surface area contributed by atoms with Gasteiger partial charge in [-0.25, -0.2) is 0 Å². The molecule has 5 heteroatoms. The predicted molar refractivity (Wildman–Crippen MR) is 59.2 cm³/mol. The Labute approximate surface area is 90.0 Å². The number of hydrogen-bond donors (Lipinski definition) is 3. The van der Waals surface area contributed by atoms with Crippen LogP contribution in [-0.4, -0.2) is 23.8 Å². The van der Waals surface area contributed by atoms with Gasteiger partial charge in [0.25, 0.3) is 0 Å². The number of nitrogens with two attached hydrogens (primary N) is 1. The molecule has 1 saturated carbocycles. The van der Waals surface area contributed by atoms with Gasteiger partial charge in [0, 0.05) is 11.0 Å². The molecule has 3 aliphatic rings. The summed E-state index contributed by atoms with van der Waals surface area (Å²) in [5.74, 6) is 0. The Balaban J connectivity index is 2.07. The van der Waals surface area contributed by atoms with Gasteiger partial charge in [0.15, 0.2) is 0 Å². The molecule has 0 aromatic heterocycles. The Bertz CT molecular complexity index is 355. The van der Waals surface area contributed by atoms with Crippen molar-refractivity contribution in [2.45, 2.75) is 37.0 Å². The molecule has 2 fully saturated rings. The van der Waals surface area contributed by atoms with Gasteiger partial charge in [0.05, 0.1) is 6.04 Å². The maximum Gasteiger partial charge on any atom is 0.235 e. The van der Waals surface area contributed by atoms with Crippen LogP contribution in [0.25, 0.3) is 0 Å². The van der Waals surface area contributed by atoms with Crippen LogP contribution in [0.1, 0.15) is 25.7 Å². The predicted octanol–water partition coefficient (Wildman–Crippen LogP) is 0.431. The van der Waals surface area contributed by atoms with Crippen molar-refractivity contribution in [2.24, 2.45) is 5.73 Å². The number of nitrogens with one attached hydrogen (secondary N) is 1. The minimum absolute atomic E-state index is 0.0613. The lowest BCUT2D eigenvalue weighted by molar-refractivity contribution is -0.147. The van der Waals surface area contributed by atoms with Gasteiger partial charge in [0.1, 0.15) is 0 Å². The second kappa shape index (κ2) is 3.11. The number of allylic oxidation sites excluding steroid dienone is 2. The summed E-state index contributed by atoms with van der Waals surface area (Å²) in [6.45, 7) is 0. The molecule has 2 unspecified atom stereocenters. The Morgan fingerprint density at radius 1 is 1.67 bits per heavy atom. The van der Waals surface area contributed by atoms with Crippen molar-refractivity contribution in [3.63, 3.8) is 0 Å². The monoisotopic (exact) mass is 205 g/mol. The maximum atomic E-state index is 9.78. The highest BCUT2D eigenvalue weighted by Crippen LogP contribution is 2.55. The molecule has 1 heterocycles. The van der Waals surface area contributed by atoms with Crippen LogP contribution in [0.5, 0.6) is 0 Å². The smallest absolute Gasteiger partial charge is 0.235 e. The van der Waals surface area contributed by atoms with Gasteiger partial charge in [-0.1, -0.05) is 6.08 Å². The first-order valence-electron chi connectivity index (χ1n) is 5.61. The molecule has 0 aromatic rings. The van der Waals surface area contributed by atoms with E-state index in [9.17, 15) is 5.21 Å². The SMILES string of the molecule is NC1=C2CCCC3N(O)NBC23CC=C1. The first-order chi connectivity index (χ1) is 7.24. The normalized spacial score (nSPS) is 39.9. The first-order valence-corrected chi connectivity index (χ1v) is 5.61. The highest BCUT2D eigenvalue weighted by molar-refractivity contribution is 6.40. The summed E-state index contributed by atoms with van der Waals surface area (Å²) in [5.41, 5.74) is 8.32. The maximum absolute atomic E-state index is 9.78. The van der Waals surface area contributed by atoms with Gasteiger partial charge in [-0.05, 0) is 37.3 Å². The summed E-state index contributed by atoms with van der Waals surface area (Å²) in [5, 5.41) is 14.2. The van der Waals surface area contributed by atoms with Gasteiger partial charge >= 0.3 is 0 Å². The molecule has 1 spiro atoms. The van der Waals surface area contributed by atoms with E-state index in [1.165, 1.54) is 10.7 Å². The van der Waals surface area contributed by atoms with E-state index in [1.54, 1.807) is 0 Å². The highest BCUT2D eigenvalue weighted by atomic mass is 16.5. The van der Waals surface area contributed by atoms with Gasteiger partial charge < -0.3 is 5.73 Å². The van der Waals surface area contributed by atoms with Crippen molar-refractivity contribution in [1.29, 1.82) is 0 Å². The zero-order valence-corrected chi connectivity index (χ0v) is 8.74. The van der Waals surface area contributed by atoms with E-state index in [4.69, 9.17) is 5.73 Å². The van der Waals surface area contributed by atoms with E-state index in [1.807, 2.05) is 6.08 Å². The van der Waals surface area contributed by atoms with Crippen molar-refractivity contribution in [3.05, 3.63) is 23.4 Å². The quantitative estimate of drug-likeness (QED) is 0.502. The van der Waals surface area contributed by atoms with Gasteiger partial charge in [0.2, 0.25) is 7.41 Å². The summed E-state index contributed by atoms with van der Waals surface area (Å²) >= 11 is 0. The van der Waals surface area contributed by atoms with Crippen LogP contribution in [0.4, 0.5) is 0 Å². The van der Waals surface area contributed by atoms with Crippen LogP contribution in [0.3, 0.4) is 0 Å². The van der Waals surface area contributed by atoms with Crippen LogP contribution >= 0.6 is 0 Å². The summed E-state index contributed by atoms with van der Waals surface area (Å²) in [6.07, 6.45) is 8.41. The topological polar surface area (TPSA) is 61.5 Å². The van der Waals surface area contributed by atoms with Crippen LogP contribution in [0.15, 0.2) is 23.4 Å². The minimum Gasteiger partial charge on any atom is -0.399 e.